The Morgan fingerprint density at radius 3 is 2.55 bits per heavy atom. The van der Waals surface area contributed by atoms with Crippen molar-refractivity contribution in [3.63, 3.8) is 0 Å². The molecule has 0 unspecified atom stereocenters. The van der Waals surface area contributed by atoms with Crippen LogP contribution in [0.2, 0.25) is 5.02 Å². The smallest absolute Gasteiger partial charge is 0.253 e. The molecule has 0 aromatic heterocycles. The number of amides is 2. The number of likely N-dealkylation sites (tertiary alicyclic amines) is 1. The molecule has 2 aromatic rings. The topological polar surface area (TPSA) is 59.1 Å². The van der Waals surface area contributed by atoms with E-state index in [1.165, 1.54) is 12.1 Å². The van der Waals surface area contributed by atoms with Gasteiger partial charge < -0.3 is 19.3 Å². The predicted molar refractivity (Wildman–Crippen MR) is 123 cm³/mol. The van der Waals surface area contributed by atoms with Crippen LogP contribution in [0.4, 0.5) is 4.39 Å². The van der Waals surface area contributed by atoms with Crippen LogP contribution in [-0.2, 0) is 9.53 Å². The largest absolute Gasteiger partial charge is 0.493 e. The SMILES string of the molecule is O=C(C[C@@]1(COc2ccc(F)cc2)CCCN(C(=O)c2cccc(Cl)c2)C1)N1CCOCC1. The molecule has 8 heteroatoms. The van der Waals surface area contributed by atoms with Crippen LogP contribution in [0.25, 0.3) is 0 Å². The second-order valence-corrected chi connectivity index (χ2v) is 9.19. The van der Waals surface area contributed by atoms with Gasteiger partial charge in [-0.05, 0) is 55.3 Å². The van der Waals surface area contributed by atoms with Crippen LogP contribution in [0.1, 0.15) is 29.6 Å². The summed E-state index contributed by atoms with van der Waals surface area (Å²) in [5, 5.41) is 0.506. The molecule has 0 bridgehead atoms. The van der Waals surface area contributed by atoms with Gasteiger partial charge in [-0.25, -0.2) is 4.39 Å². The summed E-state index contributed by atoms with van der Waals surface area (Å²) in [6.45, 7) is 3.46. The summed E-state index contributed by atoms with van der Waals surface area (Å²) in [5.41, 5.74) is -0.0201. The highest BCUT2D eigenvalue weighted by atomic mass is 35.5. The van der Waals surface area contributed by atoms with Crippen LogP contribution in [0.3, 0.4) is 0 Å². The molecule has 0 spiro atoms. The summed E-state index contributed by atoms with van der Waals surface area (Å²) >= 11 is 6.09. The Kier molecular flexibility index (Phi) is 7.50. The van der Waals surface area contributed by atoms with E-state index in [-0.39, 0.29) is 30.7 Å². The monoisotopic (exact) mass is 474 g/mol. The molecule has 176 valence electrons. The van der Waals surface area contributed by atoms with Crippen LogP contribution in [0.15, 0.2) is 48.5 Å². The fourth-order valence-electron chi connectivity index (χ4n) is 4.51. The molecular weight excluding hydrogens is 447 g/mol. The lowest BCUT2D eigenvalue weighted by Crippen LogP contribution is -2.52. The number of nitrogens with zero attached hydrogens (tertiary/aromatic N) is 2. The number of rotatable bonds is 6. The number of halogens is 2. The Labute approximate surface area is 198 Å². The number of piperidine rings is 1. The summed E-state index contributed by atoms with van der Waals surface area (Å²) in [6, 6.07) is 12.7. The minimum absolute atomic E-state index is 0.0399. The van der Waals surface area contributed by atoms with Gasteiger partial charge in [0.2, 0.25) is 5.91 Å². The molecule has 6 nitrogen and oxygen atoms in total. The molecule has 2 aliphatic heterocycles. The van der Waals surface area contributed by atoms with Gasteiger partial charge in [-0.1, -0.05) is 17.7 Å². The van der Waals surface area contributed by atoms with Crippen LogP contribution in [-0.4, -0.2) is 67.6 Å². The van der Waals surface area contributed by atoms with E-state index in [1.54, 1.807) is 41.3 Å². The third-order valence-corrected chi connectivity index (χ3v) is 6.50. The fourth-order valence-corrected chi connectivity index (χ4v) is 4.70. The van der Waals surface area contributed by atoms with E-state index in [9.17, 15) is 14.0 Å². The third kappa shape index (κ3) is 6.03. The van der Waals surface area contributed by atoms with E-state index in [0.29, 0.717) is 55.7 Å². The zero-order valence-corrected chi connectivity index (χ0v) is 19.2. The average Bonchev–Trinajstić information content (AvgIpc) is 2.84. The van der Waals surface area contributed by atoms with Crippen molar-refractivity contribution >= 4 is 23.4 Å². The van der Waals surface area contributed by atoms with Gasteiger partial charge in [-0.2, -0.15) is 0 Å². The maximum absolute atomic E-state index is 13.3. The lowest BCUT2D eigenvalue weighted by atomic mass is 9.77. The van der Waals surface area contributed by atoms with Crippen LogP contribution < -0.4 is 4.74 Å². The lowest BCUT2D eigenvalue weighted by molar-refractivity contribution is -0.139. The first-order valence-corrected chi connectivity index (χ1v) is 11.6. The van der Waals surface area contributed by atoms with Crippen molar-refractivity contribution < 1.29 is 23.5 Å². The molecule has 0 N–H and O–H groups in total. The summed E-state index contributed by atoms with van der Waals surface area (Å²) in [4.78, 5) is 30.0. The Morgan fingerprint density at radius 2 is 1.82 bits per heavy atom. The van der Waals surface area contributed by atoms with E-state index < -0.39 is 5.41 Å². The second-order valence-electron chi connectivity index (χ2n) is 8.75. The highest BCUT2D eigenvalue weighted by Crippen LogP contribution is 2.36. The van der Waals surface area contributed by atoms with E-state index in [0.717, 1.165) is 12.8 Å². The molecule has 4 rings (SSSR count). The first-order chi connectivity index (χ1) is 15.9. The first-order valence-electron chi connectivity index (χ1n) is 11.2. The summed E-state index contributed by atoms with van der Waals surface area (Å²) in [7, 11) is 0. The van der Waals surface area contributed by atoms with Gasteiger partial charge in [0.15, 0.2) is 0 Å². The minimum Gasteiger partial charge on any atom is -0.493 e. The highest BCUT2D eigenvalue weighted by Gasteiger charge is 2.41. The molecule has 0 aliphatic carbocycles. The molecule has 0 saturated carbocycles. The maximum atomic E-state index is 13.3. The van der Waals surface area contributed by atoms with Crippen LogP contribution >= 0.6 is 11.6 Å². The normalized spacial score (nSPS) is 21.0. The van der Waals surface area contributed by atoms with E-state index in [4.69, 9.17) is 21.1 Å². The zero-order chi connectivity index (χ0) is 23.3. The summed E-state index contributed by atoms with van der Waals surface area (Å²) in [6.07, 6.45) is 1.78. The third-order valence-electron chi connectivity index (χ3n) is 6.27. The second kappa shape index (κ2) is 10.5. The standard InChI is InChI=1S/C25H28ClFN2O4/c26-20-4-1-3-19(15-20)24(31)29-10-2-9-25(17-29,16-23(30)28-11-13-32-14-12-28)18-33-22-7-5-21(27)6-8-22/h1,3-8,15H,2,9-14,16-18H2/t25-/m0/s1. The number of carbonyl (C=O) groups excluding carboxylic acids is 2. The summed E-state index contributed by atoms with van der Waals surface area (Å²) < 4.78 is 24.7. The number of carbonyl (C=O) groups is 2. The van der Waals surface area contributed by atoms with Crippen molar-refractivity contribution in [2.24, 2.45) is 5.41 Å². The van der Waals surface area contributed by atoms with Crippen molar-refractivity contribution in [2.45, 2.75) is 19.3 Å². The van der Waals surface area contributed by atoms with Crippen molar-refractivity contribution in [2.75, 3.05) is 46.0 Å². The summed E-state index contributed by atoms with van der Waals surface area (Å²) in [5.74, 6) is 0.128. The number of ether oxygens (including phenoxy) is 2. The van der Waals surface area contributed by atoms with Gasteiger partial charge in [0, 0.05) is 48.6 Å². The molecule has 0 radical (unpaired) electrons. The molecule has 33 heavy (non-hydrogen) atoms. The maximum Gasteiger partial charge on any atom is 0.253 e. The van der Waals surface area contributed by atoms with Crippen molar-refractivity contribution in [1.82, 2.24) is 9.80 Å². The minimum atomic E-state index is -0.545. The first kappa shape index (κ1) is 23.5. The number of hydrogen-bond donors (Lipinski definition) is 0. The van der Waals surface area contributed by atoms with Gasteiger partial charge in [-0.15, -0.1) is 0 Å². The van der Waals surface area contributed by atoms with E-state index in [1.807, 2.05) is 4.90 Å². The molecule has 2 heterocycles. The van der Waals surface area contributed by atoms with Crippen molar-refractivity contribution in [3.05, 3.63) is 64.9 Å². The lowest BCUT2D eigenvalue weighted by Gasteiger charge is -2.43. The van der Waals surface area contributed by atoms with Crippen LogP contribution in [0.5, 0.6) is 5.75 Å². The zero-order valence-electron chi connectivity index (χ0n) is 18.5. The highest BCUT2D eigenvalue weighted by molar-refractivity contribution is 6.30. The predicted octanol–water partition coefficient (Wildman–Crippen LogP) is 4.03. The molecule has 2 fully saturated rings. The average molecular weight is 475 g/mol. The Morgan fingerprint density at radius 1 is 1.06 bits per heavy atom. The van der Waals surface area contributed by atoms with Gasteiger partial charge in [0.05, 0.1) is 19.8 Å². The fraction of sp³-hybridized carbons (Fsp3) is 0.440. The van der Waals surface area contributed by atoms with Crippen molar-refractivity contribution in [1.29, 1.82) is 0 Å². The van der Waals surface area contributed by atoms with Gasteiger partial charge >= 0.3 is 0 Å². The van der Waals surface area contributed by atoms with Gasteiger partial charge in [0.1, 0.15) is 11.6 Å². The molecule has 1 atom stereocenters. The van der Waals surface area contributed by atoms with Crippen molar-refractivity contribution in [3.8, 4) is 5.75 Å². The quantitative estimate of drug-likeness (QED) is 0.634. The Balaban J connectivity index is 1.53. The molecule has 2 saturated heterocycles. The Hall–Kier alpha value is -2.64. The number of benzene rings is 2. The van der Waals surface area contributed by atoms with Gasteiger partial charge in [-0.3, -0.25) is 9.59 Å². The van der Waals surface area contributed by atoms with E-state index in [2.05, 4.69) is 0 Å². The number of morpholine rings is 1. The Bertz CT molecular complexity index is 981. The molecular formula is C25H28ClFN2O4. The molecule has 2 aliphatic rings. The van der Waals surface area contributed by atoms with E-state index >= 15 is 0 Å². The van der Waals surface area contributed by atoms with Gasteiger partial charge in [0.25, 0.3) is 5.91 Å². The number of hydrogen-bond acceptors (Lipinski definition) is 4. The molecule has 2 aromatic carbocycles. The van der Waals surface area contributed by atoms with Crippen LogP contribution in [0, 0.1) is 11.2 Å². The molecule has 2 amide bonds.